The number of halogens is 8. The van der Waals surface area contributed by atoms with E-state index in [1.54, 1.807) is 6.92 Å². The second-order valence-corrected chi connectivity index (χ2v) is 9.41. The van der Waals surface area contributed by atoms with Crippen molar-refractivity contribution in [2.24, 2.45) is 0 Å². The largest absolute Gasteiger partial charge is 0.491 e. The fourth-order valence-electron chi connectivity index (χ4n) is 4.12. The van der Waals surface area contributed by atoms with Crippen molar-refractivity contribution in [3.63, 3.8) is 0 Å². The third-order valence-electron chi connectivity index (χ3n) is 6.31. The zero-order valence-corrected chi connectivity index (χ0v) is 23.5. The number of rotatable bonds is 13. The molecule has 0 aliphatic rings. The molecule has 0 aliphatic heterocycles. The molecule has 4 aromatic rings. The van der Waals surface area contributed by atoms with Gasteiger partial charge in [0.05, 0.1) is 13.2 Å². The van der Waals surface area contributed by atoms with Gasteiger partial charge in [0, 0.05) is 16.7 Å². The maximum absolute atomic E-state index is 14.7. The molecule has 0 radical (unpaired) electrons. The average Bonchev–Trinajstić information content (AvgIpc) is 2.99. The smallest absolute Gasteiger partial charge is 0.432 e. The van der Waals surface area contributed by atoms with Crippen molar-refractivity contribution >= 4 is 0 Å². The maximum atomic E-state index is 14.7. The minimum absolute atomic E-state index is 0.0372. The van der Waals surface area contributed by atoms with Gasteiger partial charge in [-0.2, -0.15) is 22.0 Å². The Morgan fingerprint density at radius 2 is 1.02 bits per heavy atom. The van der Waals surface area contributed by atoms with Gasteiger partial charge in [-0.05, 0) is 67.4 Å². The van der Waals surface area contributed by atoms with E-state index in [0.717, 1.165) is 42.8 Å². The van der Waals surface area contributed by atoms with Crippen molar-refractivity contribution in [3.8, 4) is 45.3 Å². The van der Waals surface area contributed by atoms with Gasteiger partial charge in [0.25, 0.3) is 0 Å². The van der Waals surface area contributed by atoms with Gasteiger partial charge < -0.3 is 18.9 Å². The van der Waals surface area contributed by atoms with Crippen LogP contribution in [-0.2, 0) is 0 Å². The molecule has 0 amide bonds. The molecule has 0 aromatic heterocycles. The van der Waals surface area contributed by atoms with Crippen LogP contribution in [0.3, 0.4) is 0 Å². The SMILES string of the molecule is CCCCOc1ccc(-c2ccc(OC(F)(F)COc3ccc(-c4ccc(OCC)c(F)c4F)c(F)c3F)cc2)c(F)c1F. The van der Waals surface area contributed by atoms with E-state index in [1.807, 2.05) is 6.92 Å². The molecule has 0 saturated heterocycles. The van der Waals surface area contributed by atoms with Crippen LogP contribution >= 0.6 is 0 Å². The Kier molecular flexibility index (Phi) is 10.2. The van der Waals surface area contributed by atoms with E-state index in [9.17, 15) is 35.1 Å². The quantitative estimate of drug-likeness (QED) is 0.109. The number of hydrogen-bond acceptors (Lipinski definition) is 4. The molecule has 0 spiro atoms. The topological polar surface area (TPSA) is 36.9 Å². The Morgan fingerprint density at radius 1 is 0.545 bits per heavy atom. The lowest BCUT2D eigenvalue weighted by molar-refractivity contribution is -0.195. The lowest BCUT2D eigenvalue weighted by Gasteiger charge is -2.19. The summed E-state index contributed by atoms with van der Waals surface area (Å²) in [5.74, 6) is -10.6. The molecule has 12 heteroatoms. The highest BCUT2D eigenvalue weighted by Crippen LogP contribution is 2.36. The summed E-state index contributed by atoms with van der Waals surface area (Å²) in [6.07, 6.45) is -2.59. The summed E-state index contributed by atoms with van der Waals surface area (Å²) in [7, 11) is 0. The first-order valence-corrected chi connectivity index (χ1v) is 13.5. The highest BCUT2D eigenvalue weighted by molar-refractivity contribution is 5.67. The fraction of sp³-hybridized carbons (Fsp3) is 0.250. The Labute approximate surface area is 247 Å². The first kappa shape index (κ1) is 32.4. The molecule has 4 nitrogen and oxygen atoms in total. The molecule has 0 saturated carbocycles. The van der Waals surface area contributed by atoms with Crippen LogP contribution in [0, 0.1) is 34.9 Å². The van der Waals surface area contributed by atoms with Gasteiger partial charge in [-0.3, -0.25) is 0 Å². The summed E-state index contributed by atoms with van der Waals surface area (Å²) in [5.41, 5.74) is -1.27. The van der Waals surface area contributed by atoms with Gasteiger partial charge in [0.1, 0.15) is 5.75 Å². The number of benzene rings is 4. The van der Waals surface area contributed by atoms with Crippen molar-refractivity contribution in [2.75, 3.05) is 19.8 Å². The summed E-state index contributed by atoms with van der Waals surface area (Å²) in [6, 6.07) is 10.8. The van der Waals surface area contributed by atoms with E-state index in [1.165, 1.54) is 24.3 Å². The van der Waals surface area contributed by atoms with Gasteiger partial charge in [-0.1, -0.05) is 25.5 Å². The molecule has 44 heavy (non-hydrogen) atoms. The van der Waals surface area contributed by atoms with Crippen molar-refractivity contribution in [3.05, 3.63) is 95.6 Å². The van der Waals surface area contributed by atoms with Crippen molar-refractivity contribution in [1.29, 1.82) is 0 Å². The zero-order chi connectivity index (χ0) is 32.0. The second kappa shape index (κ2) is 13.9. The van der Waals surface area contributed by atoms with Crippen LogP contribution in [0.1, 0.15) is 26.7 Å². The van der Waals surface area contributed by atoms with Crippen LogP contribution in [0.25, 0.3) is 22.3 Å². The standard InChI is InChI=1S/C32H26F8O4/c1-3-5-16-42-24-13-10-20(26(33)30(24)37)18-6-8-19(9-7-18)44-32(39,40)17-43-25-15-12-22(28(35)31(25)38)21-11-14-23(41-4-2)29(36)27(21)34/h6-15H,3-5,16-17H2,1-2H3. The number of hydrogen-bond donors (Lipinski definition) is 0. The summed E-state index contributed by atoms with van der Waals surface area (Å²) in [5, 5.41) is 0. The van der Waals surface area contributed by atoms with E-state index in [2.05, 4.69) is 4.74 Å². The lowest BCUT2D eigenvalue weighted by Crippen LogP contribution is -2.32. The molecular formula is C32H26F8O4. The Morgan fingerprint density at radius 3 is 1.55 bits per heavy atom. The third-order valence-corrected chi connectivity index (χ3v) is 6.31. The molecule has 0 atom stereocenters. The van der Waals surface area contributed by atoms with Crippen LogP contribution in [0.2, 0.25) is 0 Å². The van der Waals surface area contributed by atoms with Gasteiger partial charge >= 0.3 is 6.11 Å². The molecular weight excluding hydrogens is 600 g/mol. The third kappa shape index (κ3) is 7.17. The monoisotopic (exact) mass is 626 g/mol. The molecule has 234 valence electrons. The number of alkyl halides is 2. The lowest BCUT2D eigenvalue weighted by atomic mass is 10.0. The zero-order valence-electron chi connectivity index (χ0n) is 23.5. The number of unbranched alkanes of at least 4 members (excludes halogenated alkanes) is 1. The number of ether oxygens (including phenoxy) is 4. The van der Waals surface area contributed by atoms with E-state index >= 15 is 0 Å². The maximum Gasteiger partial charge on any atom is 0.432 e. The van der Waals surface area contributed by atoms with E-state index in [0.29, 0.717) is 6.42 Å². The van der Waals surface area contributed by atoms with Crippen LogP contribution in [0.5, 0.6) is 23.0 Å². The molecule has 0 N–H and O–H groups in total. The van der Waals surface area contributed by atoms with E-state index in [4.69, 9.17) is 14.2 Å². The Bertz CT molecular complexity index is 1610. The molecule has 0 heterocycles. The highest BCUT2D eigenvalue weighted by atomic mass is 19.3. The van der Waals surface area contributed by atoms with Crippen LogP contribution in [-0.4, -0.2) is 25.9 Å². The predicted molar refractivity (Wildman–Crippen MR) is 146 cm³/mol. The summed E-state index contributed by atoms with van der Waals surface area (Å²) in [6.45, 7) is 2.15. The normalized spacial score (nSPS) is 11.4. The van der Waals surface area contributed by atoms with Gasteiger partial charge in [0.15, 0.2) is 41.3 Å². The van der Waals surface area contributed by atoms with Crippen LogP contribution in [0.4, 0.5) is 35.1 Å². The second-order valence-electron chi connectivity index (χ2n) is 9.41. The minimum atomic E-state index is -4.05. The van der Waals surface area contributed by atoms with Gasteiger partial charge in [-0.15, -0.1) is 0 Å². The molecule has 4 rings (SSSR count). The van der Waals surface area contributed by atoms with Gasteiger partial charge in [-0.25, -0.2) is 13.2 Å². The Balaban J connectivity index is 1.43. The first-order chi connectivity index (χ1) is 21.0. The average molecular weight is 627 g/mol. The first-order valence-electron chi connectivity index (χ1n) is 13.5. The molecule has 4 aromatic carbocycles. The summed E-state index contributed by atoms with van der Waals surface area (Å²) >= 11 is 0. The Hall–Kier alpha value is -4.48. The molecule has 0 bridgehead atoms. The predicted octanol–water partition coefficient (Wildman–Crippen LogP) is 9.48. The van der Waals surface area contributed by atoms with Crippen LogP contribution < -0.4 is 18.9 Å². The van der Waals surface area contributed by atoms with Crippen molar-refractivity contribution in [2.45, 2.75) is 32.8 Å². The minimum Gasteiger partial charge on any atom is -0.491 e. The van der Waals surface area contributed by atoms with E-state index in [-0.39, 0.29) is 30.1 Å². The van der Waals surface area contributed by atoms with Crippen LogP contribution in [0.15, 0.2) is 60.7 Å². The van der Waals surface area contributed by atoms with Gasteiger partial charge in [0.2, 0.25) is 17.5 Å². The molecule has 0 fully saturated rings. The highest BCUT2D eigenvalue weighted by Gasteiger charge is 2.34. The molecule has 0 aliphatic carbocycles. The fourth-order valence-corrected chi connectivity index (χ4v) is 4.12. The summed E-state index contributed by atoms with van der Waals surface area (Å²) < 4.78 is 136. The van der Waals surface area contributed by atoms with E-state index < -0.39 is 76.0 Å². The van der Waals surface area contributed by atoms with Crippen molar-refractivity contribution < 1.29 is 54.1 Å². The molecule has 0 unspecified atom stereocenters. The van der Waals surface area contributed by atoms with Crippen molar-refractivity contribution in [1.82, 2.24) is 0 Å². The summed E-state index contributed by atoms with van der Waals surface area (Å²) in [4.78, 5) is 0.